The van der Waals surface area contributed by atoms with Gasteiger partial charge in [-0.3, -0.25) is 13.9 Å². The van der Waals surface area contributed by atoms with Gasteiger partial charge < -0.3 is 9.63 Å². The summed E-state index contributed by atoms with van der Waals surface area (Å²) < 4.78 is 33.4. The summed E-state index contributed by atoms with van der Waals surface area (Å²) >= 11 is 0. The van der Waals surface area contributed by atoms with Crippen molar-refractivity contribution in [2.75, 3.05) is 12.4 Å². The molecule has 31 heavy (non-hydrogen) atoms. The number of aliphatic hydroxyl groups excluding tert-OH is 1. The second kappa shape index (κ2) is 7.76. The topological polar surface area (TPSA) is 124 Å². The fraction of sp³-hybridized carbons (Fsp3) is 0.476. The average Bonchev–Trinajstić information content (AvgIpc) is 3.28. The highest BCUT2D eigenvalue weighted by molar-refractivity contribution is 7.91. The molecule has 1 aromatic carbocycles. The number of aromatic nitrogens is 3. The lowest BCUT2D eigenvalue weighted by Gasteiger charge is -2.15. The molecule has 2 aromatic heterocycles. The zero-order valence-electron chi connectivity index (χ0n) is 17.5. The van der Waals surface area contributed by atoms with Crippen LogP contribution in [0.5, 0.6) is 0 Å². The molecule has 0 radical (unpaired) electrons. The van der Waals surface area contributed by atoms with Crippen molar-refractivity contribution in [2.45, 2.75) is 51.1 Å². The van der Waals surface area contributed by atoms with E-state index in [1.165, 1.54) is 22.8 Å². The second-order valence-electron chi connectivity index (χ2n) is 8.59. The fourth-order valence-electron chi connectivity index (χ4n) is 3.73. The maximum absolute atomic E-state index is 13.2. The van der Waals surface area contributed by atoms with Crippen molar-refractivity contribution >= 4 is 20.7 Å². The third-order valence-corrected chi connectivity index (χ3v) is 7.78. The molecular weight excluding hydrogens is 422 g/mol. The molecule has 1 fully saturated rings. The second-order valence-corrected chi connectivity index (χ2v) is 10.6. The number of benzene rings is 1. The van der Waals surface area contributed by atoms with Crippen molar-refractivity contribution < 1.29 is 18.0 Å². The quantitative estimate of drug-likeness (QED) is 0.554. The summed E-state index contributed by atoms with van der Waals surface area (Å²) in [5.74, 6) is 0.372. The van der Waals surface area contributed by atoms with Crippen LogP contribution in [0.15, 0.2) is 43.3 Å². The molecule has 0 aliphatic heterocycles. The van der Waals surface area contributed by atoms with E-state index < -0.39 is 21.1 Å². The molecule has 0 amide bonds. The van der Waals surface area contributed by atoms with E-state index in [0.717, 1.165) is 17.4 Å². The van der Waals surface area contributed by atoms with Crippen LogP contribution in [-0.4, -0.2) is 40.2 Å². The highest BCUT2D eigenvalue weighted by Crippen LogP contribution is 2.46. The molecule has 1 N–H and O–H groups in total. The van der Waals surface area contributed by atoms with Gasteiger partial charge in [0.15, 0.2) is 15.6 Å². The highest BCUT2D eigenvalue weighted by atomic mass is 32.2. The predicted octanol–water partition coefficient (Wildman–Crippen LogP) is 1.46. The zero-order chi connectivity index (χ0) is 22.4. The summed E-state index contributed by atoms with van der Waals surface area (Å²) in [5.41, 5.74) is -0.403. The number of aliphatic hydroxyl groups is 1. The van der Waals surface area contributed by atoms with Gasteiger partial charge in [0.2, 0.25) is 0 Å². The minimum absolute atomic E-state index is 0.0290. The summed E-state index contributed by atoms with van der Waals surface area (Å²) in [6, 6.07) is 5.93. The lowest BCUT2D eigenvalue weighted by Crippen LogP contribution is -2.40. The molecule has 0 spiro atoms. The Morgan fingerprint density at radius 2 is 1.94 bits per heavy atom. The van der Waals surface area contributed by atoms with Crippen LogP contribution in [0, 0.1) is 12.3 Å². The fourth-order valence-corrected chi connectivity index (χ4v) is 5.67. The van der Waals surface area contributed by atoms with Gasteiger partial charge in [0.1, 0.15) is 0 Å². The van der Waals surface area contributed by atoms with Gasteiger partial charge in [0.25, 0.3) is 5.56 Å². The van der Waals surface area contributed by atoms with Crippen LogP contribution in [0.2, 0.25) is 0 Å². The zero-order valence-corrected chi connectivity index (χ0v) is 18.3. The largest absolute Gasteiger partial charge is 0.396 e. The van der Waals surface area contributed by atoms with Crippen molar-refractivity contribution in [1.29, 1.82) is 0 Å². The molecule has 0 unspecified atom stereocenters. The van der Waals surface area contributed by atoms with Crippen LogP contribution in [0.1, 0.15) is 37.6 Å². The smallest absolute Gasteiger partial charge is 0.331 e. The molecule has 9 nitrogen and oxygen atoms in total. The Morgan fingerprint density at radius 3 is 2.55 bits per heavy atom. The maximum atomic E-state index is 13.2. The standard InChI is InChI=1S/C21H25N3O6S/c1-14-10-15(30-22-14)12-24-19(26)17-11-16(31(28,29)13-21(2)6-7-21)4-5-18(17)23(20(24)27)8-3-9-25/h4-5,10-11,25H,3,6-9,12-13H2,1-2H3. The third kappa shape index (κ3) is 4.22. The van der Waals surface area contributed by atoms with E-state index in [9.17, 15) is 23.1 Å². The Labute approximate surface area is 178 Å². The molecule has 1 aliphatic rings. The van der Waals surface area contributed by atoms with Gasteiger partial charge in [0.05, 0.1) is 33.8 Å². The molecule has 0 saturated heterocycles. The highest BCUT2D eigenvalue weighted by Gasteiger charge is 2.41. The number of hydrogen-bond donors (Lipinski definition) is 1. The number of aryl methyl sites for hydroxylation is 2. The van der Waals surface area contributed by atoms with Crippen LogP contribution >= 0.6 is 0 Å². The van der Waals surface area contributed by atoms with Gasteiger partial charge in [-0.15, -0.1) is 0 Å². The van der Waals surface area contributed by atoms with Crippen molar-refractivity contribution in [3.63, 3.8) is 0 Å². The van der Waals surface area contributed by atoms with Crippen LogP contribution in [0.4, 0.5) is 0 Å². The monoisotopic (exact) mass is 447 g/mol. The number of nitrogens with zero attached hydrogens (tertiary/aromatic N) is 3. The number of rotatable bonds is 8. The van der Waals surface area contributed by atoms with Crippen LogP contribution in [-0.2, 0) is 22.9 Å². The number of fused-ring (bicyclic) bond motifs is 1. The Kier molecular flexibility index (Phi) is 5.38. The summed E-state index contributed by atoms with van der Waals surface area (Å²) in [6.07, 6.45) is 2.04. The summed E-state index contributed by atoms with van der Waals surface area (Å²) in [5, 5.41) is 13.1. The molecule has 0 bridgehead atoms. The van der Waals surface area contributed by atoms with Crippen molar-refractivity contribution in [2.24, 2.45) is 5.41 Å². The third-order valence-electron chi connectivity index (χ3n) is 5.73. The van der Waals surface area contributed by atoms with Crippen molar-refractivity contribution in [3.8, 4) is 0 Å². The maximum Gasteiger partial charge on any atom is 0.331 e. The van der Waals surface area contributed by atoms with Crippen molar-refractivity contribution in [3.05, 3.63) is 56.6 Å². The first kappa shape index (κ1) is 21.5. The summed E-state index contributed by atoms with van der Waals surface area (Å²) in [6.45, 7) is 3.60. The Morgan fingerprint density at radius 1 is 1.19 bits per heavy atom. The summed E-state index contributed by atoms with van der Waals surface area (Å²) in [4.78, 5) is 26.3. The Balaban J connectivity index is 1.88. The van der Waals surface area contributed by atoms with Gasteiger partial charge in [-0.25, -0.2) is 13.2 Å². The normalized spacial score (nSPS) is 15.5. The number of hydrogen-bond acceptors (Lipinski definition) is 7. The van der Waals surface area contributed by atoms with Gasteiger partial charge in [-0.05, 0) is 49.8 Å². The van der Waals surface area contributed by atoms with Gasteiger partial charge in [-0.2, -0.15) is 0 Å². The molecule has 4 rings (SSSR count). The minimum Gasteiger partial charge on any atom is -0.396 e. The SMILES string of the molecule is Cc1cc(Cn2c(=O)c3cc(S(=O)(=O)CC4(C)CC4)ccc3n(CCCO)c2=O)on1. The van der Waals surface area contributed by atoms with E-state index in [0.29, 0.717) is 23.4 Å². The van der Waals surface area contributed by atoms with E-state index in [-0.39, 0.29) is 41.1 Å². The van der Waals surface area contributed by atoms with E-state index in [1.54, 1.807) is 13.0 Å². The molecule has 2 heterocycles. The Hall–Kier alpha value is -2.72. The first-order chi connectivity index (χ1) is 14.6. The molecule has 0 atom stereocenters. The molecular formula is C21H25N3O6S. The van der Waals surface area contributed by atoms with Crippen molar-refractivity contribution in [1.82, 2.24) is 14.3 Å². The van der Waals surface area contributed by atoms with E-state index >= 15 is 0 Å². The number of sulfone groups is 1. The van der Waals surface area contributed by atoms with Gasteiger partial charge in [-0.1, -0.05) is 12.1 Å². The molecule has 1 aliphatic carbocycles. The predicted molar refractivity (Wildman–Crippen MR) is 114 cm³/mol. The molecule has 3 aromatic rings. The molecule has 1 saturated carbocycles. The van der Waals surface area contributed by atoms with Crippen LogP contribution in [0.25, 0.3) is 10.9 Å². The summed E-state index contributed by atoms with van der Waals surface area (Å²) in [7, 11) is -3.58. The molecule has 166 valence electrons. The van der Waals surface area contributed by atoms with Crippen LogP contribution in [0.3, 0.4) is 0 Å². The van der Waals surface area contributed by atoms with Gasteiger partial charge >= 0.3 is 5.69 Å². The lowest BCUT2D eigenvalue weighted by atomic mass is 10.2. The van der Waals surface area contributed by atoms with E-state index in [2.05, 4.69) is 5.16 Å². The van der Waals surface area contributed by atoms with E-state index in [1.807, 2.05) is 6.92 Å². The van der Waals surface area contributed by atoms with Gasteiger partial charge in [0, 0.05) is 19.2 Å². The minimum atomic E-state index is -3.58. The average molecular weight is 448 g/mol. The first-order valence-corrected chi connectivity index (χ1v) is 11.8. The first-order valence-electron chi connectivity index (χ1n) is 10.2. The molecule has 10 heteroatoms. The lowest BCUT2D eigenvalue weighted by molar-refractivity contribution is 0.279. The Bertz CT molecular complexity index is 1360. The van der Waals surface area contributed by atoms with E-state index in [4.69, 9.17) is 4.52 Å². The van der Waals surface area contributed by atoms with Crippen LogP contribution < -0.4 is 11.2 Å².